The molecule has 0 spiro atoms. The number of rotatable bonds is 3. The fourth-order valence-electron chi connectivity index (χ4n) is 1.35. The van der Waals surface area contributed by atoms with Crippen molar-refractivity contribution >= 4 is 22.6 Å². The van der Waals surface area contributed by atoms with Crippen LogP contribution in [-0.4, -0.2) is 0 Å². The molecule has 0 aliphatic heterocycles. The molecule has 0 radical (unpaired) electrons. The van der Waals surface area contributed by atoms with Crippen LogP contribution in [-0.2, 0) is 0 Å². The third kappa shape index (κ3) is 2.73. The topological polar surface area (TPSA) is 26.0 Å². The van der Waals surface area contributed by atoms with Gasteiger partial charge in [-0.25, -0.2) is 0 Å². The molecule has 0 fully saturated rings. The molecular weight excluding hydrogens is 285 g/mol. The number of terminal acetylenes is 1. The van der Waals surface area contributed by atoms with Gasteiger partial charge < -0.3 is 5.73 Å². The highest BCUT2D eigenvalue weighted by molar-refractivity contribution is 14.1. The Morgan fingerprint density at radius 1 is 1.57 bits per heavy atom. The summed E-state index contributed by atoms with van der Waals surface area (Å²) in [5.41, 5.74) is 8.54. The highest BCUT2D eigenvalue weighted by Gasteiger charge is 2.09. The van der Waals surface area contributed by atoms with Crippen molar-refractivity contribution in [2.24, 2.45) is 5.73 Å². The van der Waals surface area contributed by atoms with Crippen molar-refractivity contribution in [2.45, 2.75) is 25.8 Å². The average Bonchev–Trinajstić information content (AvgIpc) is 2.18. The van der Waals surface area contributed by atoms with E-state index >= 15 is 0 Å². The SMILES string of the molecule is C#CCCC(N)c1cccc(C)c1I. The first-order valence-corrected chi connectivity index (χ1v) is 5.68. The molecule has 0 heterocycles. The van der Waals surface area contributed by atoms with Gasteiger partial charge in [0.15, 0.2) is 0 Å². The Morgan fingerprint density at radius 3 is 2.93 bits per heavy atom. The summed E-state index contributed by atoms with van der Waals surface area (Å²) in [6.45, 7) is 2.10. The summed E-state index contributed by atoms with van der Waals surface area (Å²) in [4.78, 5) is 0. The molecule has 0 saturated heterocycles. The van der Waals surface area contributed by atoms with E-state index < -0.39 is 0 Å². The number of benzene rings is 1. The van der Waals surface area contributed by atoms with Gasteiger partial charge in [-0.2, -0.15) is 0 Å². The molecule has 1 aromatic rings. The lowest BCUT2D eigenvalue weighted by Gasteiger charge is -2.13. The maximum atomic E-state index is 6.05. The van der Waals surface area contributed by atoms with Crippen molar-refractivity contribution in [2.75, 3.05) is 0 Å². The van der Waals surface area contributed by atoms with E-state index in [-0.39, 0.29) is 6.04 Å². The summed E-state index contributed by atoms with van der Waals surface area (Å²) < 4.78 is 1.26. The van der Waals surface area contributed by atoms with Gasteiger partial charge in [0.2, 0.25) is 0 Å². The molecule has 0 amide bonds. The van der Waals surface area contributed by atoms with Gasteiger partial charge in [0.05, 0.1) is 0 Å². The van der Waals surface area contributed by atoms with Crippen molar-refractivity contribution < 1.29 is 0 Å². The fraction of sp³-hybridized carbons (Fsp3) is 0.333. The van der Waals surface area contributed by atoms with Crippen LogP contribution in [0.25, 0.3) is 0 Å². The van der Waals surface area contributed by atoms with Crippen LogP contribution in [0.15, 0.2) is 18.2 Å². The van der Waals surface area contributed by atoms with Crippen LogP contribution < -0.4 is 5.73 Å². The normalized spacial score (nSPS) is 12.1. The standard InChI is InChI=1S/C12H14IN/c1-3-4-8-11(14)10-7-5-6-9(2)12(10)13/h1,5-7,11H,4,8,14H2,2H3. The van der Waals surface area contributed by atoms with Gasteiger partial charge in [-0.15, -0.1) is 12.3 Å². The molecule has 0 saturated carbocycles. The van der Waals surface area contributed by atoms with E-state index in [0.717, 1.165) is 12.8 Å². The number of hydrogen-bond acceptors (Lipinski definition) is 1. The smallest absolute Gasteiger partial charge is 0.0314 e. The molecule has 1 aromatic carbocycles. The molecule has 0 aliphatic carbocycles. The maximum Gasteiger partial charge on any atom is 0.0314 e. The first-order valence-electron chi connectivity index (χ1n) is 4.61. The lowest BCUT2D eigenvalue weighted by molar-refractivity contribution is 0.664. The number of hydrogen-bond donors (Lipinski definition) is 1. The average molecular weight is 299 g/mol. The van der Waals surface area contributed by atoms with Crippen LogP contribution in [0.3, 0.4) is 0 Å². The molecule has 0 aliphatic rings. The summed E-state index contributed by atoms with van der Waals surface area (Å²) in [6, 6.07) is 6.29. The zero-order chi connectivity index (χ0) is 10.6. The van der Waals surface area contributed by atoms with E-state index in [0.29, 0.717) is 0 Å². The maximum absolute atomic E-state index is 6.05. The molecule has 74 valence electrons. The second-order valence-electron chi connectivity index (χ2n) is 3.33. The lowest BCUT2D eigenvalue weighted by Crippen LogP contribution is -2.11. The summed E-state index contributed by atoms with van der Waals surface area (Å²) in [6.07, 6.45) is 6.81. The fourth-order valence-corrected chi connectivity index (χ4v) is 2.11. The quantitative estimate of drug-likeness (QED) is 0.674. The number of nitrogens with two attached hydrogens (primary N) is 1. The Balaban J connectivity index is 2.85. The van der Waals surface area contributed by atoms with Gasteiger partial charge in [-0.3, -0.25) is 0 Å². The number of halogens is 1. The van der Waals surface area contributed by atoms with Crippen LogP contribution in [0.2, 0.25) is 0 Å². The minimum absolute atomic E-state index is 0.0675. The summed E-state index contributed by atoms with van der Waals surface area (Å²) in [5, 5.41) is 0. The van der Waals surface area contributed by atoms with Gasteiger partial charge in [-0.05, 0) is 47.1 Å². The molecule has 0 bridgehead atoms. The Hall–Kier alpha value is -0.530. The molecule has 2 heteroatoms. The Labute approximate surface area is 99.2 Å². The molecule has 1 unspecified atom stereocenters. The van der Waals surface area contributed by atoms with E-state index in [4.69, 9.17) is 12.2 Å². The van der Waals surface area contributed by atoms with E-state index in [1.165, 1.54) is 14.7 Å². The van der Waals surface area contributed by atoms with Crippen LogP contribution in [0.5, 0.6) is 0 Å². The Morgan fingerprint density at radius 2 is 2.29 bits per heavy atom. The minimum atomic E-state index is 0.0675. The van der Waals surface area contributed by atoms with Gasteiger partial charge in [-0.1, -0.05) is 18.2 Å². The van der Waals surface area contributed by atoms with Crippen LogP contribution in [0.4, 0.5) is 0 Å². The van der Waals surface area contributed by atoms with Crippen LogP contribution in [0.1, 0.15) is 30.0 Å². The molecule has 1 atom stereocenters. The lowest BCUT2D eigenvalue weighted by atomic mass is 10.0. The van der Waals surface area contributed by atoms with Crippen molar-refractivity contribution in [3.8, 4) is 12.3 Å². The second-order valence-corrected chi connectivity index (χ2v) is 4.41. The summed E-state index contributed by atoms with van der Waals surface area (Å²) in [7, 11) is 0. The van der Waals surface area contributed by atoms with Crippen molar-refractivity contribution in [3.63, 3.8) is 0 Å². The van der Waals surface area contributed by atoms with Gasteiger partial charge in [0, 0.05) is 16.0 Å². The van der Waals surface area contributed by atoms with Gasteiger partial charge in [0.1, 0.15) is 0 Å². The van der Waals surface area contributed by atoms with Gasteiger partial charge >= 0.3 is 0 Å². The highest BCUT2D eigenvalue weighted by atomic mass is 127. The molecular formula is C12H14IN. The van der Waals surface area contributed by atoms with E-state index in [1.807, 2.05) is 6.07 Å². The van der Waals surface area contributed by atoms with E-state index in [2.05, 4.69) is 47.6 Å². The molecule has 0 aromatic heterocycles. The van der Waals surface area contributed by atoms with Crippen LogP contribution in [0, 0.1) is 22.8 Å². The van der Waals surface area contributed by atoms with Gasteiger partial charge in [0.25, 0.3) is 0 Å². The molecule has 1 rings (SSSR count). The third-order valence-electron chi connectivity index (χ3n) is 2.22. The zero-order valence-corrected chi connectivity index (χ0v) is 10.4. The first-order chi connectivity index (χ1) is 6.66. The van der Waals surface area contributed by atoms with E-state index in [1.54, 1.807) is 0 Å². The van der Waals surface area contributed by atoms with E-state index in [9.17, 15) is 0 Å². The largest absolute Gasteiger partial charge is 0.324 e. The second kappa shape index (κ2) is 5.38. The molecule has 14 heavy (non-hydrogen) atoms. The minimum Gasteiger partial charge on any atom is -0.324 e. The molecule has 1 nitrogen and oxygen atoms in total. The Kier molecular flexibility index (Phi) is 4.43. The predicted octanol–water partition coefficient (Wildman–Crippen LogP) is 3.01. The zero-order valence-electron chi connectivity index (χ0n) is 8.26. The predicted molar refractivity (Wildman–Crippen MR) is 68.9 cm³/mol. The molecule has 2 N–H and O–H groups in total. The van der Waals surface area contributed by atoms with Crippen molar-refractivity contribution in [1.82, 2.24) is 0 Å². The first kappa shape index (κ1) is 11.5. The summed E-state index contributed by atoms with van der Waals surface area (Å²) >= 11 is 2.34. The summed E-state index contributed by atoms with van der Waals surface area (Å²) in [5.74, 6) is 2.62. The third-order valence-corrected chi connectivity index (χ3v) is 3.69. The van der Waals surface area contributed by atoms with Crippen molar-refractivity contribution in [3.05, 3.63) is 32.9 Å². The Bertz CT molecular complexity index is 352. The monoisotopic (exact) mass is 299 g/mol. The number of aryl methyl sites for hydroxylation is 1. The van der Waals surface area contributed by atoms with Crippen LogP contribution >= 0.6 is 22.6 Å². The highest BCUT2D eigenvalue weighted by Crippen LogP contribution is 2.24. The van der Waals surface area contributed by atoms with Crippen molar-refractivity contribution in [1.29, 1.82) is 0 Å².